The Kier molecular flexibility index (Phi) is 2.91. The number of nitrogens with two attached hydrogens (primary N) is 1. The van der Waals surface area contributed by atoms with E-state index < -0.39 is 0 Å². The molecule has 3 heteroatoms. The van der Waals surface area contributed by atoms with E-state index in [-0.39, 0.29) is 0 Å². The molecule has 1 aromatic rings. The molecule has 0 amide bonds. The van der Waals surface area contributed by atoms with Crippen molar-refractivity contribution in [1.29, 1.82) is 0 Å². The van der Waals surface area contributed by atoms with Crippen LogP contribution in [0.2, 0.25) is 0 Å². The molecule has 1 aliphatic heterocycles. The fourth-order valence-electron chi connectivity index (χ4n) is 2.15. The number of nitrogens with zero attached hydrogens (tertiary/aromatic N) is 1. The first-order chi connectivity index (χ1) is 6.72. The molecule has 2 heterocycles. The summed E-state index contributed by atoms with van der Waals surface area (Å²) in [5.74, 6) is 0. The van der Waals surface area contributed by atoms with Crippen LogP contribution in [0.3, 0.4) is 0 Å². The molecule has 0 radical (unpaired) electrons. The molecule has 2 rings (SSSR count). The third kappa shape index (κ3) is 1.72. The van der Waals surface area contributed by atoms with Crippen molar-refractivity contribution in [2.75, 3.05) is 13.6 Å². The number of likely N-dealkylation sites (tertiary alicyclic amines) is 1. The van der Waals surface area contributed by atoms with Gasteiger partial charge in [-0.25, -0.2) is 0 Å². The van der Waals surface area contributed by atoms with Crippen LogP contribution in [0, 0.1) is 0 Å². The molecule has 0 spiro atoms. The van der Waals surface area contributed by atoms with Gasteiger partial charge in [0.25, 0.3) is 0 Å². The molecule has 78 valence electrons. The summed E-state index contributed by atoms with van der Waals surface area (Å²) >= 11 is 1.92. The van der Waals surface area contributed by atoms with Gasteiger partial charge in [0.1, 0.15) is 0 Å². The summed E-state index contributed by atoms with van der Waals surface area (Å²) in [6.45, 7) is 3.33. The molecule has 1 aromatic heterocycles. The third-order valence-corrected chi connectivity index (χ3v) is 4.32. The maximum atomic E-state index is 6.12. The van der Waals surface area contributed by atoms with Gasteiger partial charge < -0.3 is 5.73 Å². The minimum absolute atomic E-state index is 0.323. The smallest absolute Gasteiger partial charge is 0.0591 e. The van der Waals surface area contributed by atoms with Gasteiger partial charge in [-0.1, -0.05) is 6.92 Å². The predicted molar refractivity (Wildman–Crippen MR) is 61.7 cm³/mol. The second-order valence-corrected chi connectivity index (χ2v) is 5.24. The van der Waals surface area contributed by atoms with Crippen molar-refractivity contribution in [2.24, 2.45) is 5.73 Å². The standard InChI is InChI=1S/C11H18N2S/c1-3-8-4-5-10(14-8)11-9(12)6-7-13(11)2/h4-5,9,11H,3,6-7,12H2,1-2H3. The first-order valence-corrected chi connectivity index (χ1v) is 6.08. The van der Waals surface area contributed by atoms with Gasteiger partial charge in [-0.05, 0) is 32.0 Å². The highest BCUT2D eigenvalue weighted by Gasteiger charge is 2.31. The van der Waals surface area contributed by atoms with Gasteiger partial charge in [0.2, 0.25) is 0 Å². The average molecular weight is 210 g/mol. The summed E-state index contributed by atoms with van der Waals surface area (Å²) in [5.41, 5.74) is 6.12. The van der Waals surface area contributed by atoms with Crippen LogP contribution in [0.4, 0.5) is 0 Å². The zero-order valence-electron chi connectivity index (χ0n) is 8.86. The summed E-state index contributed by atoms with van der Waals surface area (Å²) in [4.78, 5) is 5.28. The number of rotatable bonds is 2. The number of likely N-dealkylation sites (N-methyl/N-ethyl adjacent to an activating group) is 1. The van der Waals surface area contributed by atoms with Gasteiger partial charge >= 0.3 is 0 Å². The minimum atomic E-state index is 0.323. The largest absolute Gasteiger partial charge is 0.326 e. The molecule has 2 nitrogen and oxygen atoms in total. The monoisotopic (exact) mass is 210 g/mol. The van der Waals surface area contributed by atoms with Crippen molar-refractivity contribution in [3.05, 3.63) is 21.9 Å². The van der Waals surface area contributed by atoms with E-state index in [1.807, 2.05) is 11.3 Å². The van der Waals surface area contributed by atoms with Crippen LogP contribution in [0.5, 0.6) is 0 Å². The first-order valence-electron chi connectivity index (χ1n) is 5.26. The van der Waals surface area contributed by atoms with Gasteiger partial charge in [-0.3, -0.25) is 4.90 Å². The Balaban J connectivity index is 2.20. The van der Waals surface area contributed by atoms with Gasteiger partial charge in [0.05, 0.1) is 6.04 Å². The van der Waals surface area contributed by atoms with Gasteiger partial charge in [0.15, 0.2) is 0 Å². The summed E-state index contributed by atoms with van der Waals surface area (Å²) in [6, 6.07) is 5.26. The highest BCUT2D eigenvalue weighted by Crippen LogP contribution is 2.34. The van der Waals surface area contributed by atoms with Crippen molar-refractivity contribution in [3.63, 3.8) is 0 Å². The molecule has 1 saturated heterocycles. The highest BCUT2D eigenvalue weighted by atomic mass is 32.1. The SMILES string of the molecule is CCc1ccc(C2C(N)CCN2C)s1. The maximum absolute atomic E-state index is 6.12. The maximum Gasteiger partial charge on any atom is 0.0591 e. The quantitative estimate of drug-likeness (QED) is 0.809. The minimum Gasteiger partial charge on any atom is -0.326 e. The Morgan fingerprint density at radius 2 is 2.36 bits per heavy atom. The first kappa shape index (κ1) is 10.1. The highest BCUT2D eigenvalue weighted by molar-refractivity contribution is 7.12. The fraction of sp³-hybridized carbons (Fsp3) is 0.636. The van der Waals surface area contributed by atoms with Crippen LogP contribution in [0.1, 0.15) is 29.1 Å². The lowest BCUT2D eigenvalue weighted by Gasteiger charge is -2.21. The third-order valence-electron chi connectivity index (χ3n) is 3.02. The van der Waals surface area contributed by atoms with Crippen molar-refractivity contribution < 1.29 is 0 Å². The van der Waals surface area contributed by atoms with Crippen LogP contribution >= 0.6 is 11.3 Å². The van der Waals surface area contributed by atoms with Crippen molar-refractivity contribution in [1.82, 2.24) is 4.90 Å². The van der Waals surface area contributed by atoms with Crippen LogP contribution in [-0.4, -0.2) is 24.5 Å². The van der Waals surface area contributed by atoms with Crippen molar-refractivity contribution in [3.8, 4) is 0 Å². The molecule has 0 saturated carbocycles. The van der Waals surface area contributed by atoms with Crippen LogP contribution in [-0.2, 0) is 6.42 Å². The predicted octanol–water partition coefficient (Wildman–Crippen LogP) is 2.01. The van der Waals surface area contributed by atoms with E-state index >= 15 is 0 Å². The Morgan fingerprint density at radius 1 is 1.57 bits per heavy atom. The molecule has 0 aromatic carbocycles. The van der Waals surface area contributed by atoms with E-state index in [9.17, 15) is 0 Å². The average Bonchev–Trinajstić information content (AvgIpc) is 2.73. The van der Waals surface area contributed by atoms with Gasteiger partial charge in [-0.2, -0.15) is 0 Å². The number of aryl methyl sites for hydroxylation is 1. The van der Waals surface area contributed by atoms with E-state index in [0.29, 0.717) is 12.1 Å². The molecule has 1 fully saturated rings. The molecular formula is C11H18N2S. The topological polar surface area (TPSA) is 29.3 Å². The molecule has 14 heavy (non-hydrogen) atoms. The molecule has 1 aliphatic rings. The van der Waals surface area contributed by atoms with E-state index in [4.69, 9.17) is 5.73 Å². The molecule has 2 atom stereocenters. The zero-order valence-corrected chi connectivity index (χ0v) is 9.68. The molecule has 0 aliphatic carbocycles. The summed E-state index contributed by atoms with van der Waals surface area (Å²) in [7, 11) is 2.17. The normalized spacial score (nSPS) is 28.5. The Bertz CT molecular complexity index is 298. The second kappa shape index (κ2) is 4.01. The van der Waals surface area contributed by atoms with E-state index in [0.717, 1.165) is 19.4 Å². The van der Waals surface area contributed by atoms with E-state index in [1.165, 1.54) is 9.75 Å². The van der Waals surface area contributed by atoms with Crippen molar-refractivity contribution in [2.45, 2.75) is 31.8 Å². The zero-order chi connectivity index (χ0) is 10.1. The summed E-state index contributed by atoms with van der Waals surface area (Å²) in [6.07, 6.45) is 2.26. The van der Waals surface area contributed by atoms with E-state index in [2.05, 4.69) is 31.0 Å². The molecule has 2 N–H and O–H groups in total. The lowest BCUT2D eigenvalue weighted by molar-refractivity contribution is 0.308. The summed E-state index contributed by atoms with van der Waals surface area (Å²) in [5, 5.41) is 0. The van der Waals surface area contributed by atoms with Crippen LogP contribution in [0.15, 0.2) is 12.1 Å². The Hall–Kier alpha value is -0.380. The van der Waals surface area contributed by atoms with Gasteiger partial charge in [0, 0.05) is 22.3 Å². The van der Waals surface area contributed by atoms with E-state index in [1.54, 1.807) is 0 Å². The second-order valence-electron chi connectivity index (χ2n) is 4.04. The number of thiophene rings is 1. The fourth-order valence-corrected chi connectivity index (χ4v) is 3.34. The molecule has 2 unspecified atom stereocenters. The van der Waals surface area contributed by atoms with Crippen LogP contribution < -0.4 is 5.73 Å². The number of hydrogen-bond acceptors (Lipinski definition) is 3. The molecular weight excluding hydrogens is 192 g/mol. The van der Waals surface area contributed by atoms with Crippen molar-refractivity contribution >= 4 is 11.3 Å². The van der Waals surface area contributed by atoms with Gasteiger partial charge in [-0.15, -0.1) is 11.3 Å². The van der Waals surface area contributed by atoms with Crippen LogP contribution in [0.25, 0.3) is 0 Å². The Labute approximate surface area is 89.7 Å². The lowest BCUT2D eigenvalue weighted by atomic mass is 10.1. The Morgan fingerprint density at radius 3 is 2.86 bits per heavy atom. The lowest BCUT2D eigenvalue weighted by Crippen LogP contribution is -2.28. The summed E-state index contributed by atoms with van der Waals surface area (Å²) < 4.78 is 0. The molecule has 0 bridgehead atoms. The number of hydrogen-bond donors (Lipinski definition) is 1.